The van der Waals surface area contributed by atoms with E-state index >= 15 is 4.39 Å². The number of imidazole rings is 1. The van der Waals surface area contributed by atoms with Crippen LogP contribution < -0.4 is 15.7 Å². The summed E-state index contributed by atoms with van der Waals surface area (Å²) >= 11 is 6.11. The van der Waals surface area contributed by atoms with Crippen molar-refractivity contribution in [3.05, 3.63) is 6.33 Å². The van der Waals surface area contributed by atoms with Crippen LogP contribution in [0.25, 0.3) is 11.2 Å². The zero-order valence-corrected chi connectivity index (χ0v) is 22.7. The molecule has 37 heavy (non-hydrogen) atoms. The highest BCUT2D eigenvalue weighted by Gasteiger charge is 2.91. The van der Waals surface area contributed by atoms with E-state index in [2.05, 4.69) is 20.0 Å². The molecule has 1 aliphatic heterocycles. The first-order chi connectivity index (χ1) is 17.4. The number of ether oxygens (including phenoxy) is 2. The Morgan fingerprint density at radius 3 is 2.65 bits per heavy atom. The number of hydrogen-bond acceptors (Lipinski definition) is 11. The largest absolute Gasteiger partial charge is 0.614 e. The quantitative estimate of drug-likeness (QED) is 0.207. The first kappa shape index (κ1) is 27.8. The summed E-state index contributed by atoms with van der Waals surface area (Å²) in [7, 11) is -2.70. The monoisotopic (exact) mass is 562 g/mol. The molecule has 4 rings (SSSR count). The third-order valence-corrected chi connectivity index (χ3v) is 7.98. The van der Waals surface area contributed by atoms with Gasteiger partial charge in [-0.25, -0.2) is 9.37 Å². The minimum atomic E-state index is -2.70. The molecule has 4 N–H and O–H groups in total. The average molecular weight is 563 g/mol. The van der Waals surface area contributed by atoms with Gasteiger partial charge in [0.25, 0.3) is 0 Å². The molecule has 1 saturated heterocycles. The van der Waals surface area contributed by atoms with Gasteiger partial charge in [0.05, 0.1) is 18.3 Å². The van der Waals surface area contributed by atoms with E-state index in [4.69, 9.17) is 31.3 Å². The summed E-state index contributed by atoms with van der Waals surface area (Å²) in [5, 5.41) is 13.7. The van der Waals surface area contributed by atoms with Crippen LogP contribution >= 0.6 is 19.8 Å². The number of nitrogen functional groups attached to an aromatic ring is 1. The summed E-state index contributed by atoms with van der Waals surface area (Å²) in [6, 6.07) is -0.969. The highest BCUT2D eigenvalue weighted by molar-refractivity contribution is 7.36. The van der Waals surface area contributed by atoms with E-state index in [0.717, 1.165) is 0 Å². The number of nitrogens with two attached hydrogens (primary N) is 1. The third-order valence-electron chi connectivity index (χ3n) is 6.58. The standard InChI is InChI=1S/C21H31ClFN7O6P/c1-6-29(7-2)14-12-15(27-19(24)26-14)30(9-25-12)16-13(23)21(32)18(20(21,8-22)35-16)36-37(33)28-11(5)17(31)34-10(3)4/h9-11,13,16,18,32H,6-8H2,1-5H3,(H,28,33)(H2,24,26,27)/q+1/t11-,13+,16+,18?,20+,21+/m0/s1. The molecule has 204 valence electrons. The summed E-state index contributed by atoms with van der Waals surface area (Å²) in [5.74, 6) is -0.534. The lowest BCUT2D eigenvalue weighted by Crippen LogP contribution is -2.35. The first-order valence-electron chi connectivity index (χ1n) is 11.9. The first-order valence-corrected chi connectivity index (χ1v) is 13.6. The number of fused-ring (bicyclic) bond motifs is 2. The van der Waals surface area contributed by atoms with E-state index in [1.807, 2.05) is 18.7 Å². The van der Waals surface area contributed by atoms with Gasteiger partial charge in [-0.15, -0.1) is 16.1 Å². The maximum absolute atomic E-state index is 15.8. The Labute approximate surface area is 218 Å². The highest BCUT2D eigenvalue weighted by Crippen LogP contribution is 2.67. The van der Waals surface area contributed by atoms with Gasteiger partial charge in [-0.3, -0.25) is 9.36 Å². The van der Waals surface area contributed by atoms with Crippen LogP contribution in [-0.2, 0) is 23.4 Å². The summed E-state index contributed by atoms with van der Waals surface area (Å²) < 4.78 is 46.0. The predicted octanol–water partition coefficient (Wildman–Crippen LogP) is 1.82. The molecule has 2 fully saturated rings. The van der Waals surface area contributed by atoms with Crippen LogP contribution in [0.2, 0.25) is 0 Å². The number of anilines is 2. The predicted molar refractivity (Wildman–Crippen MR) is 133 cm³/mol. The second-order valence-electron chi connectivity index (χ2n) is 9.24. The van der Waals surface area contributed by atoms with Crippen molar-refractivity contribution in [2.45, 2.75) is 76.5 Å². The Hall–Kier alpha value is -2.22. The van der Waals surface area contributed by atoms with Gasteiger partial charge < -0.3 is 25.2 Å². The molecule has 16 heteroatoms. The number of carbonyl (C=O) groups excluding carboxylic acids is 1. The number of nitrogens with one attached hydrogen (secondary N) is 1. The summed E-state index contributed by atoms with van der Waals surface area (Å²) in [6.07, 6.45) is -3.79. The van der Waals surface area contributed by atoms with E-state index < -0.39 is 49.9 Å². The van der Waals surface area contributed by atoms with Gasteiger partial charge >= 0.3 is 14.1 Å². The van der Waals surface area contributed by atoms with Gasteiger partial charge in [0, 0.05) is 13.1 Å². The molecule has 2 aliphatic rings. The van der Waals surface area contributed by atoms with Crippen LogP contribution in [0.1, 0.15) is 40.8 Å². The second-order valence-corrected chi connectivity index (χ2v) is 10.5. The summed E-state index contributed by atoms with van der Waals surface area (Å²) in [4.78, 5) is 26.8. The number of hydrogen-bond donors (Lipinski definition) is 3. The fourth-order valence-corrected chi connectivity index (χ4v) is 6.02. The molecule has 0 radical (unpaired) electrons. The van der Waals surface area contributed by atoms with Crippen molar-refractivity contribution in [3.8, 4) is 0 Å². The molecule has 1 saturated carbocycles. The van der Waals surface area contributed by atoms with Gasteiger partial charge in [0.15, 0.2) is 46.7 Å². The van der Waals surface area contributed by atoms with Crippen LogP contribution in [0, 0.1) is 0 Å². The fraction of sp³-hybridized carbons (Fsp3) is 0.714. The molecule has 2 aromatic heterocycles. The molecule has 7 atom stereocenters. The number of rotatable bonds is 11. The molecule has 2 unspecified atom stereocenters. The number of aliphatic hydroxyl groups is 1. The topological polar surface area (TPSA) is 167 Å². The van der Waals surface area contributed by atoms with Gasteiger partial charge in [-0.2, -0.15) is 9.97 Å². The number of nitrogens with zero attached hydrogens (tertiary/aromatic N) is 5. The van der Waals surface area contributed by atoms with Gasteiger partial charge in [0.2, 0.25) is 5.95 Å². The number of carbonyl (C=O) groups is 1. The Morgan fingerprint density at radius 2 is 2.08 bits per heavy atom. The van der Waals surface area contributed by atoms with Crippen LogP contribution in [0.5, 0.6) is 0 Å². The summed E-state index contributed by atoms with van der Waals surface area (Å²) in [5.41, 5.74) is 2.64. The lowest BCUT2D eigenvalue weighted by atomic mass is 10.1. The molecule has 0 aromatic carbocycles. The Kier molecular flexibility index (Phi) is 7.63. The Balaban J connectivity index is 1.55. The van der Waals surface area contributed by atoms with E-state index in [9.17, 15) is 14.5 Å². The lowest BCUT2D eigenvalue weighted by molar-refractivity contribution is -0.149. The molecule has 13 nitrogen and oxygen atoms in total. The highest BCUT2D eigenvalue weighted by atomic mass is 35.5. The van der Waals surface area contributed by atoms with E-state index in [0.29, 0.717) is 24.4 Å². The fourth-order valence-electron chi connectivity index (χ4n) is 4.60. The second kappa shape index (κ2) is 10.2. The van der Waals surface area contributed by atoms with Gasteiger partial charge in [-0.1, -0.05) is 5.09 Å². The van der Waals surface area contributed by atoms with Crippen LogP contribution in [0.3, 0.4) is 0 Å². The maximum atomic E-state index is 15.8. The van der Waals surface area contributed by atoms with Crippen molar-refractivity contribution in [2.24, 2.45) is 0 Å². The zero-order valence-electron chi connectivity index (χ0n) is 21.1. The Morgan fingerprint density at radius 1 is 1.41 bits per heavy atom. The summed E-state index contributed by atoms with van der Waals surface area (Å²) in [6.45, 7) is 9.96. The number of halogens is 2. The molecule has 2 aromatic rings. The van der Waals surface area contributed by atoms with Crippen molar-refractivity contribution >= 4 is 48.7 Å². The van der Waals surface area contributed by atoms with Gasteiger partial charge in [-0.05, 0) is 39.2 Å². The van der Waals surface area contributed by atoms with Crippen LogP contribution in [0.4, 0.5) is 16.2 Å². The van der Waals surface area contributed by atoms with Crippen LogP contribution in [0.15, 0.2) is 6.33 Å². The van der Waals surface area contributed by atoms with E-state index in [-0.39, 0.29) is 23.6 Å². The molecule has 0 amide bonds. The van der Waals surface area contributed by atoms with Gasteiger partial charge in [0.1, 0.15) is 6.04 Å². The molecular formula is C21H31ClFN7O6P+. The Bertz CT molecular complexity index is 1200. The van der Waals surface area contributed by atoms with E-state index in [1.54, 1.807) is 13.8 Å². The average Bonchev–Trinajstić information content (AvgIpc) is 3.08. The van der Waals surface area contributed by atoms with Crippen molar-refractivity contribution in [1.82, 2.24) is 24.6 Å². The number of esters is 1. The zero-order chi connectivity index (χ0) is 27.3. The van der Waals surface area contributed by atoms with E-state index in [1.165, 1.54) is 17.8 Å². The molecule has 0 bridgehead atoms. The normalized spacial score (nSPS) is 29.9. The molecule has 3 heterocycles. The van der Waals surface area contributed by atoms with Crippen LogP contribution in [-0.4, -0.2) is 85.2 Å². The number of alkyl halides is 2. The molecule has 1 aliphatic carbocycles. The molecular weight excluding hydrogens is 532 g/mol. The van der Waals surface area contributed by atoms with Crippen molar-refractivity contribution in [3.63, 3.8) is 0 Å². The minimum absolute atomic E-state index is 0.0325. The van der Waals surface area contributed by atoms with Crippen molar-refractivity contribution in [2.75, 3.05) is 29.6 Å². The number of aromatic nitrogens is 4. The maximum Gasteiger partial charge on any atom is 0.614 e. The minimum Gasteiger partial charge on any atom is -0.462 e. The van der Waals surface area contributed by atoms with Crippen molar-refractivity contribution < 1.29 is 32.9 Å². The third kappa shape index (κ3) is 4.43. The SMILES string of the molecule is CCN(CC)c1nc(N)nc2c1ncn2[C@@H]1O[C@]2(CCl)C(O[P+](=O)N[C@@H](C)C(=O)OC(C)C)[C@]2(O)[C@@H]1F. The molecule has 0 spiro atoms. The lowest BCUT2D eigenvalue weighted by Gasteiger charge is -2.22. The smallest absolute Gasteiger partial charge is 0.462 e. The van der Waals surface area contributed by atoms with Crippen molar-refractivity contribution in [1.29, 1.82) is 0 Å².